The first kappa shape index (κ1) is 12.8. The van der Waals surface area contributed by atoms with E-state index in [1.807, 2.05) is 0 Å². The zero-order valence-corrected chi connectivity index (χ0v) is 10.4. The molecule has 1 amide bonds. The van der Waals surface area contributed by atoms with Crippen molar-refractivity contribution in [1.82, 2.24) is 24.6 Å². The van der Waals surface area contributed by atoms with Crippen molar-refractivity contribution in [3.63, 3.8) is 0 Å². The van der Waals surface area contributed by atoms with Gasteiger partial charge in [0.1, 0.15) is 12.9 Å². The van der Waals surface area contributed by atoms with E-state index in [4.69, 9.17) is 5.73 Å². The fourth-order valence-corrected chi connectivity index (χ4v) is 1.53. The van der Waals surface area contributed by atoms with Crippen LogP contribution in [0.3, 0.4) is 0 Å². The largest absolute Gasteiger partial charge is 0.398 e. The Balaban J connectivity index is 1.94. The van der Waals surface area contributed by atoms with Crippen LogP contribution in [0.25, 0.3) is 0 Å². The molecular formula is C11H14N6O2. The van der Waals surface area contributed by atoms with Gasteiger partial charge in [0.15, 0.2) is 5.82 Å². The second-order valence-electron chi connectivity index (χ2n) is 4.04. The summed E-state index contributed by atoms with van der Waals surface area (Å²) in [6.07, 6.45) is 2.98. The third-order valence-corrected chi connectivity index (χ3v) is 2.41. The van der Waals surface area contributed by atoms with Crippen LogP contribution in [0.4, 0.5) is 5.69 Å². The van der Waals surface area contributed by atoms with Gasteiger partial charge >= 0.3 is 0 Å². The Bertz CT molecular complexity index is 645. The Morgan fingerprint density at radius 1 is 1.47 bits per heavy atom. The molecule has 100 valence electrons. The lowest BCUT2D eigenvalue weighted by atomic mass is 10.4. The van der Waals surface area contributed by atoms with Gasteiger partial charge in [0.05, 0.1) is 6.54 Å². The third-order valence-electron chi connectivity index (χ3n) is 2.41. The fourth-order valence-electron chi connectivity index (χ4n) is 1.53. The number of aryl methyl sites for hydroxylation is 1. The number of carbonyl (C=O) groups excluding carboxylic acids is 1. The first-order valence-electron chi connectivity index (χ1n) is 5.62. The number of aromatic nitrogens is 4. The summed E-state index contributed by atoms with van der Waals surface area (Å²) >= 11 is 0. The molecule has 0 radical (unpaired) electrons. The Labute approximate surface area is 108 Å². The highest BCUT2D eigenvalue weighted by atomic mass is 16.2. The zero-order valence-electron chi connectivity index (χ0n) is 10.4. The standard InChI is InChI=1S/C11H14N6O2/c1-16-7-14-9(15-16)4-13-10(18)6-17-5-8(12)2-3-11(17)19/h2-3,5,7H,4,6,12H2,1H3,(H,13,18). The molecule has 0 aliphatic heterocycles. The number of hydrogen-bond acceptors (Lipinski definition) is 5. The summed E-state index contributed by atoms with van der Waals surface area (Å²) in [7, 11) is 1.74. The lowest BCUT2D eigenvalue weighted by Crippen LogP contribution is -2.31. The second-order valence-corrected chi connectivity index (χ2v) is 4.04. The van der Waals surface area contributed by atoms with E-state index in [-0.39, 0.29) is 24.6 Å². The molecule has 2 aromatic heterocycles. The molecule has 0 spiro atoms. The van der Waals surface area contributed by atoms with Crippen LogP contribution in [0.5, 0.6) is 0 Å². The minimum atomic E-state index is -0.305. The molecule has 0 aliphatic carbocycles. The Hall–Kier alpha value is -2.64. The number of pyridine rings is 1. The number of nitrogen functional groups attached to an aromatic ring is 1. The number of nitrogens with one attached hydrogen (secondary N) is 1. The Morgan fingerprint density at radius 2 is 2.26 bits per heavy atom. The van der Waals surface area contributed by atoms with Crippen LogP contribution < -0.4 is 16.6 Å². The predicted octanol–water partition coefficient (Wildman–Crippen LogP) is -1.12. The SMILES string of the molecule is Cn1cnc(CNC(=O)Cn2cc(N)ccc2=O)n1. The number of carbonyl (C=O) groups is 1. The maximum Gasteiger partial charge on any atom is 0.251 e. The molecule has 8 heteroatoms. The average molecular weight is 262 g/mol. The fraction of sp³-hybridized carbons (Fsp3) is 0.273. The van der Waals surface area contributed by atoms with Crippen LogP contribution in [0.15, 0.2) is 29.5 Å². The monoisotopic (exact) mass is 262 g/mol. The van der Waals surface area contributed by atoms with Gasteiger partial charge in [-0.3, -0.25) is 14.3 Å². The van der Waals surface area contributed by atoms with Gasteiger partial charge in [0.25, 0.3) is 5.56 Å². The maximum atomic E-state index is 11.7. The zero-order chi connectivity index (χ0) is 13.8. The number of hydrogen-bond donors (Lipinski definition) is 2. The van der Waals surface area contributed by atoms with Crippen molar-refractivity contribution in [2.75, 3.05) is 5.73 Å². The normalized spacial score (nSPS) is 10.4. The summed E-state index contributed by atoms with van der Waals surface area (Å²) in [6.45, 7) is 0.132. The van der Waals surface area contributed by atoms with Gasteiger partial charge in [-0.1, -0.05) is 0 Å². The molecule has 2 aromatic rings. The van der Waals surface area contributed by atoms with Gasteiger partial charge < -0.3 is 15.6 Å². The Morgan fingerprint density at radius 3 is 2.95 bits per heavy atom. The molecule has 0 aliphatic rings. The first-order chi connectivity index (χ1) is 9.04. The molecule has 0 aromatic carbocycles. The van der Waals surface area contributed by atoms with Gasteiger partial charge in [-0.05, 0) is 6.07 Å². The van der Waals surface area contributed by atoms with E-state index < -0.39 is 0 Å². The molecule has 3 N–H and O–H groups in total. The third kappa shape index (κ3) is 3.41. The van der Waals surface area contributed by atoms with Crippen LogP contribution in [-0.2, 0) is 24.9 Å². The van der Waals surface area contributed by atoms with Crippen molar-refractivity contribution in [3.8, 4) is 0 Å². The number of amides is 1. The molecule has 19 heavy (non-hydrogen) atoms. The second kappa shape index (κ2) is 5.34. The van der Waals surface area contributed by atoms with Crippen molar-refractivity contribution < 1.29 is 4.79 Å². The highest BCUT2D eigenvalue weighted by Crippen LogP contribution is 1.95. The summed E-state index contributed by atoms with van der Waals surface area (Å²) in [5.74, 6) is 0.205. The summed E-state index contributed by atoms with van der Waals surface area (Å²) in [5, 5.41) is 6.65. The highest BCUT2D eigenvalue weighted by Gasteiger charge is 2.06. The molecule has 0 saturated carbocycles. The Kier molecular flexibility index (Phi) is 3.60. The number of rotatable bonds is 4. The highest BCUT2D eigenvalue weighted by molar-refractivity contribution is 5.75. The van der Waals surface area contributed by atoms with Gasteiger partial charge in [-0.25, -0.2) is 4.98 Å². The molecule has 0 bridgehead atoms. The van der Waals surface area contributed by atoms with Gasteiger partial charge in [0.2, 0.25) is 5.91 Å². The van der Waals surface area contributed by atoms with Crippen molar-refractivity contribution in [3.05, 3.63) is 40.8 Å². The number of nitrogens with two attached hydrogens (primary N) is 1. The van der Waals surface area contributed by atoms with Crippen LogP contribution >= 0.6 is 0 Å². The maximum absolute atomic E-state index is 11.7. The smallest absolute Gasteiger partial charge is 0.251 e. The molecule has 0 saturated heterocycles. The lowest BCUT2D eigenvalue weighted by Gasteiger charge is -2.06. The molecule has 2 rings (SSSR count). The van der Waals surface area contributed by atoms with E-state index in [9.17, 15) is 9.59 Å². The summed E-state index contributed by atoms with van der Waals surface area (Å²) < 4.78 is 2.79. The van der Waals surface area contributed by atoms with Gasteiger partial charge in [0, 0.05) is 25.0 Å². The number of nitrogens with zero attached hydrogens (tertiary/aromatic N) is 4. The van der Waals surface area contributed by atoms with E-state index in [2.05, 4.69) is 15.4 Å². The summed E-state index contributed by atoms with van der Waals surface area (Å²) in [4.78, 5) is 27.1. The summed E-state index contributed by atoms with van der Waals surface area (Å²) in [5.41, 5.74) is 5.71. The van der Waals surface area contributed by atoms with Gasteiger partial charge in [-0.15, -0.1) is 0 Å². The molecular weight excluding hydrogens is 248 g/mol. The van der Waals surface area contributed by atoms with E-state index in [0.717, 1.165) is 0 Å². The molecule has 0 fully saturated rings. The quantitative estimate of drug-likeness (QED) is 0.725. The molecule has 8 nitrogen and oxygen atoms in total. The van der Waals surface area contributed by atoms with Crippen LogP contribution in [-0.4, -0.2) is 25.2 Å². The predicted molar refractivity (Wildman–Crippen MR) is 68.0 cm³/mol. The minimum absolute atomic E-state index is 0.0866. The average Bonchev–Trinajstić information content (AvgIpc) is 2.77. The van der Waals surface area contributed by atoms with Crippen molar-refractivity contribution in [2.24, 2.45) is 7.05 Å². The summed E-state index contributed by atoms with van der Waals surface area (Å²) in [6, 6.07) is 2.82. The lowest BCUT2D eigenvalue weighted by molar-refractivity contribution is -0.121. The molecule has 0 unspecified atom stereocenters. The van der Waals surface area contributed by atoms with Crippen molar-refractivity contribution >= 4 is 11.6 Å². The van der Waals surface area contributed by atoms with E-state index in [0.29, 0.717) is 11.5 Å². The minimum Gasteiger partial charge on any atom is -0.398 e. The molecule has 0 atom stereocenters. The van der Waals surface area contributed by atoms with E-state index in [1.54, 1.807) is 18.1 Å². The van der Waals surface area contributed by atoms with E-state index in [1.165, 1.54) is 22.9 Å². The van der Waals surface area contributed by atoms with Crippen molar-refractivity contribution in [2.45, 2.75) is 13.1 Å². The van der Waals surface area contributed by atoms with Gasteiger partial charge in [-0.2, -0.15) is 5.10 Å². The van der Waals surface area contributed by atoms with Crippen LogP contribution in [0.2, 0.25) is 0 Å². The molecule has 2 heterocycles. The first-order valence-corrected chi connectivity index (χ1v) is 5.62. The topological polar surface area (TPSA) is 108 Å². The number of anilines is 1. The van der Waals surface area contributed by atoms with Crippen LogP contribution in [0, 0.1) is 0 Å². The van der Waals surface area contributed by atoms with Crippen molar-refractivity contribution in [1.29, 1.82) is 0 Å². The van der Waals surface area contributed by atoms with E-state index >= 15 is 0 Å². The van der Waals surface area contributed by atoms with Crippen LogP contribution in [0.1, 0.15) is 5.82 Å².